The summed E-state index contributed by atoms with van der Waals surface area (Å²) >= 11 is 0. The zero-order chi connectivity index (χ0) is 20.9. The Morgan fingerprint density at radius 1 is 0.833 bits per heavy atom. The summed E-state index contributed by atoms with van der Waals surface area (Å²) in [4.78, 5) is 0. The normalized spacial score (nSPS) is 62.5. The fraction of sp³-hybridized carbons (Fsp3) is 1.00. The molecule has 0 bridgehead atoms. The summed E-state index contributed by atoms with van der Waals surface area (Å²) in [6, 6.07) is 0. The number of ether oxygens (including phenoxy) is 2. The van der Waals surface area contributed by atoms with Crippen LogP contribution in [-0.2, 0) is 9.47 Å². The van der Waals surface area contributed by atoms with Crippen molar-refractivity contribution >= 4 is 0 Å². The Hall–Kier alpha value is -0.120. The predicted molar refractivity (Wildman–Crippen MR) is 118 cm³/mol. The third kappa shape index (κ3) is 2.44. The molecule has 6 aliphatic rings. The Labute approximate surface area is 183 Å². The molecule has 0 aromatic carbocycles. The number of aliphatic hydroxyl groups is 1. The fourth-order valence-electron chi connectivity index (χ4n) is 10.4. The SMILES string of the molecule is CC1CC[C@@]2(OC1)O[C@H]1C[C@H]3[C@@H]4CCC5CCCC[C@]5(C)[C@H]4CC[C@]3(C)[C@H]1[C@@]2(C)O. The van der Waals surface area contributed by atoms with Crippen molar-refractivity contribution < 1.29 is 14.6 Å². The second-order valence-corrected chi connectivity index (χ2v) is 13.2. The van der Waals surface area contributed by atoms with E-state index in [1.54, 1.807) is 0 Å². The van der Waals surface area contributed by atoms with Gasteiger partial charge in [0.2, 0.25) is 0 Å². The third-order valence-electron chi connectivity index (χ3n) is 11.9. The topological polar surface area (TPSA) is 38.7 Å². The molecule has 0 aromatic rings. The first-order chi connectivity index (χ1) is 14.2. The zero-order valence-electron chi connectivity index (χ0n) is 19.8. The minimum absolute atomic E-state index is 0.180. The van der Waals surface area contributed by atoms with Crippen molar-refractivity contribution in [2.45, 2.75) is 116 Å². The third-order valence-corrected chi connectivity index (χ3v) is 11.9. The molecular formula is C27H44O3. The van der Waals surface area contributed by atoms with Crippen LogP contribution >= 0.6 is 0 Å². The molecule has 2 unspecified atom stereocenters. The summed E-state index contributed by atoms with van der Waals surface area (Å²) in [6.07, 6.45) is 14.6. The second kappa shape index (κ2) is 6.48. The molecule has 2 heterocycles. The summed E-state index contributed by atoms with van der Waals surface area (Å²) < 4.78 is 13.1. The largest absolute Gasteiger partial charge is 0.384 e. The molecule has 1 N–H and O–H groups in total. The lowest BCUT2D eigenvalue weighted by molar-refractivity contribution is -0.315. The van der Waals surface area contributed by atoms with Gasteiger partial charge in [-0.3, -0.25) is 0 Å². The van der Waals surface area contributed by atoms with Crippen LogP contribution in [0, 0.1) is 46.3 Å². The lowest BCUT2D eigenvalue weighted by Crippen LogP contribution is -2.60. The van der Waals surface area contributed by atoms with E-state index in [1.807, 2.05) is 0 Å². The minimum atomic E-state index is -0.875. The quantitative estimate of drug-likeness (QED) is 0.531. The van der Waals surface area contributed by atoms with Crippen molar-refractivity contribution in [2.75, 3.05) is 6.61 Å². The van der Waals surface area contributed by atoms with Crippen LogP contribution < -0.4 is 0 Å². The summed E-state index contributed by atoms with van der Waals surface area (Å²) in [7, 11) is 0. The van der Waals surface area contributed by atoms with Gasteiger partial charge in [-0.05, 0) is 98.7 Å². The van der Waals surface area contributed by atoms with Crippen molar-refractivity contribution in [2.24, 2.45) is 46.3 Å². The first kappa shape index (κ1) is 20.5. The molecule has 0 aromatic heterocycles. The molecule has 2 saturated heterocycles. The molecule has 0 amide bonds. The van der Waals surface area contributed by atoms with Crippen molar-refractivity contribution in [3.63, 3.8) is 0 Å². The van der Waals surface area contributed by atoms with Crippen molar-refractivity contribution in [1.82, 2.24) is 0 Å². The number of rotatable bonds is 0. The van der Waals surface area contributed by atoms with Crippen LogP contribution in [0.4, 0.5) is 0 Å². The van der Waals surface area contributed by atoms with Gasteiger partial charge >= 0.3 is 0 Å². The van der Waals surface area contributed by atoms with Gasteiger partial charge < -0.3 is 14.6 Å². The first-order valence-electron chi connectivity index (χ1n) is 13.3. The highest BCUT2D eigenvalue weighted by molar-refractivity contribution is 5.20. The van der Waals surface area contributed by atoms with Crippen molar-refractivity contribution in [1.29, 1.82) is 0 Å². The van der Waals surface area contributed by atoms with E-state index in [1.165, 1.54) is 51.4 Å². The van der Waals surface area contributed by atoms with Crippen LogP contribution in [0.1, 0.15) is 98.3 Å². The maximum atomic E-state index is 12.0. The Morgan fingerprint density at radius 2 is 1.67 bits per heavy atom. The van der Waals surface area contributed by atoms with Crippen LogP contribution in [0.15, 0.2) is 0 Å². The average molecular weight is 417 g/mol. The summed E-state index contributed by atoms with van der Waals surface area (Å²) in [5.41, 5.74) is -0.101. The van der Waals surface area contributed by atoms with E-state index < -0.39 is 11.4 Å². The predicted octanol–water partition coefficient (Wildman–Crippen LogP) is 5.94. The minimum Gasteiger partial charge on any atom is -0.384 e. The summed E-state index contributed by atoms with van der Waals surface area (Å²) in [5, 5.41) is 12.0. The lowest BCUT2D eigenvalue weighted by Gasteiger charge is -2.61. The van der Waals surface area contributed by atoms with Gasteiger partial charge in [0.25, 0.3) is 0 Å². The first-order valence-corrected chi connectivity index (χ1v) is 13.3. The van der Waals surface area contributed by atoms with E-state index in [9.17, 15) is 5.11 Å². The van der Waals surface area contributed by atoms with E-state index >= 15 is 0 Å². The molecule has 3 heteroatoms. The smallest absolute Gasteiger partial charge is 0.197 e. The van der Waals surface area contributed by atoms with E-state index in [-0.39, 0.29) is 17.4 Å². The highest BCUT2D eigenvalue weighted by Crippen LogP contribution is 2.72. The van der Waals surface area contributed by atoms with Crippen LogP contribution in [0.25, 0.3) is 0 Å². The van der Waals surface area contributed by atoms with Gasteiger partial charge in [-0.1, -0.05) is 33.6 Å². The Balaban J connectivity index is 1.30. The van der Waals surface area contributed by atoms with Gasteiger partial charge in [-0.2, -0.15) is 0 Å². The molecule has 4 saturated carbocycles. The number of fused-ring (bicyclic) bond motifs is 7. The van der Waals surface area contributed by atoms with Gasteiger partial charge in [-0.25, -0.2) is 0 Å². The fourth-order valence-corrected chi connectivity index (χ4v) is 10.4. The van der Waals surface area contributed by atoms with E-state index in [4.69, 9.17) is 9.47 Å². The highest BCUT2D eigenvalue weighted by atomic mass is 16.7. The summed E-state index contributed by atoms with van der Waals surface area (Å²) in [6.45, 7) is 10.2. The molecule has 6 fully saturated rings. The molecule has 0 radical (unpaired) electrons. The Kier molecular flexibility index (Phi) is 4.42. The molecule has 6 rings (SSSR count). The molecule has 4 aliphatic carbocycles. The van der Waals surface area contributed by atoms with Crippen LogP contribution in [-0.4, -0.2) is 29.2 Å². The van der Waals surface area contributed by atoms with E-state index in [0.29, 0.717) is 11.3 Å². The molecule has 1 spiro atoms. The average Bonchev–Trinajstić information content (AvgIpc) is 3.12. The van der Waals surface area contributed by atoms with Gasteiger partial charge in [0.15, 0.2) is 5.79 Å². The molecule has 30 heavy (non-hydrogen) atoms. The van der Waals surface area contributed by atoms with Crippen molar-refractivity contribution in [3.8, 4) is 0 Å². The lowest BCUT2D eigenvalue weighted by atomic mass is 9.44. The van der Waals surface area contributed by atoms with Crippen LogP contribution in [0.3, 0.4) is 0 Å². The summed E-state index contributed by atoms with van der Waals surface area (Å²) in [5.74, 6) is 3.47. The van der Waals surface area contributed by atoms with Crippen molar-refractivity contribution in [3.05, 3.63) is 0 Å². The molecule has 170 valence electrons. The van der Waals surface area contributed by atoms with Gasteiger partial charge in [0, 0.05) is 12.3 Å². The van der Waals surface area contributed by atoms with Gasteiger partial charge in [-0.15, -0.1) is 0 Å². The molecular weight excluding hydrogens is 372 g/mol. The Morgan fingerprint density at radius 3 is 2.43 bits per heavy atom. The van der Waals surface area contributed by atoms with Crippen LogP contribution in [0.5, 0.6) is 0 Å². The standard InChI is InChI=1S/C27H44O3/c1-17-10-14-27(29-16-17)26(4,28)23-22(30-27)15-21-19-9-8-18-7-5-6-12-24(18,2)20(19)11-13-25(21,23)3/h17-23,28H,5-16H2,1-4H3/t17?,18?,19-,20+,21+,22+,23+,24+,25+,26-,27-/m1/s1. The molecule has 11 atom stereocenters. The van der Waals surface area contributed by atoms with Gasteiger partial charge in [0.05, 0.1) is 12.7 Å². The Bertz CT molecular complexity index is 694. The maximum Gasteiger partial charge on any atom is 0.197 e. The number of hydrogen-bond donors (Lipinski definition) is 1. The second-order valence-electron chi connectivity index (χ2n) is 13.2. The van der Waals surface area contributed by atoms with Gasteiger partial charge in [0.1, 0.15) is 5.60 Å². The highest BCUT2D eigenvalue weighted by Gasteiger charge is 2.74. The molecule has 3 nitrogen and oxygen atoms in total. The zero-order valence-corrected chi connectivity index (χ0v) is 19.8. The van der Waals surface area contributed by atoms with Crippen LogP contribution in [0.2, 0.25) is 0 Å². The van der Waals surface area contributed by atoms with E-state index in [2.05, 4.69) is 27.7 Å². The maximum absolute atomic E-state index is 12.0. The molecule has 2 aliphatic heterocycles. The van der Waals surface area contributed by atoms with E-state index in [0.717, 1.165) is 49.5 Å². The monoisotopic (exact) mass is 416 g/mol. The number of hydrogen-bond acceptors (Lipinski definition) is 3.